The fourth-order valence-corrected chi connectivity index (χ4v) is 3.07. The molecule has 0 bridgehead atoms. The van der Waals surface area contributed by atoms with Crippen LogP contribution < -0.4 is 10.5 Å². The van der Waals surface area contributed by atoms with E-state index in [1.165, 1.54) is 4.88 Å². The molecule has 0 aliphatic heterocycles. The van der Waals surface area contributed by atoms with E-state index in [1.807, 2.05) is 18.2 Å². The first kappa shape index (κ1) is 15.5. The molecule has 0 saturated heterocycles. The van der Waals surface area contributed by atoms with E-state index >= 15 is 0 Å². The maximum absolute atomic E-state index is 7.57. The Hall–Kier alpha value is -1.85. The number of methoxy groups -OCH3 is 1. The Morgan fingerprint density at radius 2 is 2.19 bits per heavy atom. The normalized spacial score (nSPS) is 12.4. The summed E-state index contributed by atoms with van der Waals surface area (Å²) in [7, 11) is 3.75. The molecule has 0 amide bonds. The standard InChI is InChI=1S/C16H21N3OS/c1-11(15-5-4-8-21-15)19(2)10-13-9-12(16(17)18)6-7-14(13)20-3/h4-9,11H,10H2,1-3H3,(H3,17,18). The van der Waals surface area contributed by atoms with E-state index in [0.717, 1.165) is 23.4 Å². The number of nitrogens with one attached hydrogen (secondary N) is 1. The second-order valence-corrected chi connectivity index (χ2v) is 6.03. The summed E-state index contributed by atoms with van der Waals surface area (Å²) >= 11 is 1.76. The summed E-state index contributed by atoms with van der Waals surface area (Å²) in [6.07, 6.45) is 0. The van der Waals surface area contributed by atoms with Crippen LogP contribution in [0.25, 0.3) is 0 Å². The van der Waals surface area contributed by atoms with Crippen LogP contribution in [0.3, 0.4) is 0 Å². The number of thiophene rings is 1. The first-order valence-electron chi connectivity index (χ1n) is 6.78. The number of nitrogens with two attached hydrogens (primary N) is 1. The van der Waals surface area contributed by atoms with Crippen molar-refractivity contribution >= 4 is 17.2 Å². The SMILES string of the molecule is COc1ccc(C(=N)N)cc1CN(C)C(C)c1cccs1. The number of hydrogen-bond acceptors (Lipinski definition) is 4. The van der Waals surface area contributed by atoms with Gasteiger partial charge in [-0.05, 0) is 43.6 Å². The average Bonchev–Trinajstić information content (AvgIpc) is 3.00. The zero-order valence-corrected chi connectivity index (χ0v) is 13.4. The third-order valence-corrected chi connectivity index (χ3v) is 4.67. The van der Waals surface area contributed by atoms with E-state index in [4.69, 9.17) is 15.9 Å². The fraction of sp³-hybridized carbons (Fsp3) is 0.312. The second-order valence-electron chi connectivity index (χ2n) is 5.05. The number of nitrogens with zero attached hydrogens (tertiary/aromatic N) is 1. The van der Waals surface area contributed by atoms with E-state index in [0.29, 0.717) is 6.04 Å². The summed E-state index contributed by atoms with van der Waals surface area (Å²) in [6, 6.07) is 10.2. The van der Waals surface area contributed by atoms with Crippen molar-refractivity contribution in [1.29, 1.82) is 5.41 Å². The highest BCUT2D eigenvalue weighted by Gasteiger charge is 2.15. The maximum Gasteiger partial charge on any atom is 0.123 e. The van der Waals surface area contributed by atoms with E-state index in [-0.39, 0.29) is 5.84 Å². The minimum absolute atomic E-state index is 0.0767. The Kier molecular flexibility index (Phi) is 4.98. The molecule has 21 heavy (non-hydrogen) atoms. The van der Waals surface area contributed by atoms with Gasteiger partial charge in [0.05, 0.1) is 7.11 Å². The third kappa shape index (κ3) is 3.62. The highest BCUT2D eigenvalue weighted by molar-refractivity contribution is 7.10. The van der Waals surface area contributed by atoms with Gasteiger partial charge in [-0.3, -0.25) is 10.3 Å². The first-order valence-corrected chi connectivity index (χ1v) is 7.66. The van der Waals surface area contributed by atoms with Gasteiger partial charge in [0, 0.05) is 28.6 Å². The highest BCUT2D eigenvalue weighted by atomic mass is 32.1. The Labute approximate surface area is 129 Å². The van der Waals surface area contributed by atoms with Gasteiger partial charge in [0.2, 0.25) is 0 Å². The van der Waals surface area contributed by atoms with Crippen LogP contribution in [-0.2, 0) is 6.54 Å². The van der Waals surface area contributed by atoms with Crippen molar-refractivity contribution in [1.82, 2.24) is 4.90 Å². The summed E-state index contributed by atoms with van der Waals surface area (Å²) in [5.74, 6) is 0.901. The molecule has 5 heteroatoms. The molecule has 2 aromatic rings. The Morgan fingerprint density at radius 3 is 2.76 bits per heavy atom. The molecule has 1 heterocycles. The van der Waals surface area contributed by atoms with Gasteiger partial charge in [0.1, 0.15) is 11.6 Å². The van der Waals surface area contributed by atoms with Gasteiger partial charge in [-0.1, -0.05) is 6.07 Å². The Morgan fingerprint density at radius 1 is 1.43 bits per heavy atom. The van der Waals surface area contributed by atoms with Gasteiger partial charge in [-0.15, -0.1) is 11.3 Å². The van der Waals surface area contributed by atoms with Gasteiger partial charge in [-0.25, -0.2) is 0 Å². The van der Waals surface area contributed by atoms with Gasteiger partial charge in [-0.2, -0.15) is 0 Å². The molecule has 4 nitrogen and oxygen atoms in total. The van der Waals surface area contributed by atoms with Crippen molar-refractivity contribution in [3.63, 3.8) is 0 Å². The van der Waals surface area contributed by atoms with Crippen molar-refractivity contribution in [3.8, 4) is 5.75 Å². The van der Waals surface area contributed by atoms with Crippen molar-refractivity contribution in [3.05, 3.63) is 51.7 Å². The molecule has 0 radical (unpaired) electrons. The molecule has 0 aliphatic rings. The van der Waals surface area contributed by atoms with Gasteiger partial charge < -0.3 is 10.5 Å². The molecule has 0 fully saturated rings. The number of ether oxygens (including phenoxy) is 1. The fourth-order valence-electron chi connectivity index (χ4n) is 2.22. The summed E-state index contributed by atoms with van der Waals surface area (Å²) in [5.41, 5.74) is 7.34. The highest BCUT2D eigenvalue weighted by Crippen LogP contribution is 2.27. The molecular formula is C16H21N3OS. The molecule has 1 atom stereocenters. The lowest BCUT2D eigenvalue weighted by atomic mass is 10.1. The smallest absolute Gasteiger partial charge is 0.123 e. The van der Waals surface area contributed by atoms with Crippen LogP contribution in [0.5, 0.6) is 5.75 Å². The summed E-state index contributed by atoms with van der Waals surface area (Å²) < 4.78 is 5.42. The van der Waals surface area contributed by atoms with Crippen LogP contribution in [0.1, 0.15) is 29.0 Å². The number of rotatable bonds is 6. The predicted molar refractivity (Wildman–Crippen MR) is 88.2 cm³/mol. The van der Waals surface area contributed by atoms with Crippen molar-refractivity contribution in [2.75, 3.05) is 14.2 Å². The van der Waals surface area contributed by atoms with E-state index in [2.05, 4.69) is 36.4 Å². The van der Waals surface area contributed by atoms with E-state index < -0.39 is 0 Å². The van der Waals surface area contributed by atoms with Gasteiger partial charge >= 0.3 is 0 Å². The zero-order valence-electron chi connectivity index (χ0n) is 12.6. The molecule has 0 spiro atoms. The van der Waals surface area contributed by atoms with Crippen molar-refractivity contribution < 1.29 is 4.74 Å². The molecule has 1 unspecified atom stereocenters. The van der Waals surface area contributed by atoms with Crippen LogP contribution in [0, 0.1) is 5.41 Å². The van der Waals surface area contributed by atoms with Crippen LogP contribution >= 0.6 is 11.3 Å². The lowest BCUT2D eigenvalue weighted by Crippen LogP contribution is -2.22. The van der Waals surface area contributed by atoms with Crippen LogP contribution in [0.15, 0.2) is 35.7 Å². The summed E-state index contributed by atoms with van der Waals surface area (Å²) in [6.45, 7) is 2.93. The quantitative estimate of drug-likeness (QED) is 0.636. The lowest BCUT2D eigenvalue weighted by molar-refractivity contribution is 0.252. The zero-order chi connectivity index (χ0) is 15.4. The Bertz CT molecular complexity index is 610. The van der Waals surface area contributed by atoms with E-state index in [1.54, 1.807) is 18.4 Å². The largest absolute Gasteiger partial charge is 0.496 e. The number of nitrogen functional groups attached to an aromatic ring is 1. The first-order chi connectivity index (χ1) is 10.0. The van der Waals surface area contributed by atoms with Gasteiger partial charge in [0.15, 0.2) is 0 Å². The molecule has 3 N–H and O–H groups in total. The number of hydrogen-bond donors (Lipinski definition) is 2. The molecule has 1 aromatic carbocycles. The van der Waals surface area contributed by atoms with Crippen molar-refractivity contribution in [2.45, 2.75) is 19.5 Å². The van der Waals surface area contributed by atoms with Crippen LogP contribution in [-0.4, -0.2) is 24.9 Å². The average molecular weight is 303 g/mol. The van der Waals surface area contributed by atoms with Crippen LogP contribution in [0.2, 0.25) is 0 Å². The molecule has 1 aromatic heterocycles. The molecule has 0 saturated carbocycles. The monoisotopic (exact) mass is 303 g/mol. The minimum atomic E-state index is 0.0767. The third-order valence-electron chi connectivity index (χ3n) is 3.63. The molecule has 112 valence electrons. The summed E-state index contributed by atoms with van der Waals surface area (Å²) in [5, 5.41) is 9.66. The second kappa shape index (κ2) is 6.74. The van der Waals surface area contributed by atoms with E-state index in [9.17, 15) is 0 Å². The molecule has 2 rings (SSSR count). The Balaban J connectivity index is 2.21. The number of amidine groups is 1. The lowest BCUT2D eigenvalue weighted by Gasteiger charge is -2.25. The number of benzene rings is 1. The molecular weight excluding hydrogens is 282 g/mol. The van der Waals surface area contributed by atoms with Crippen LogP contribution in [0.4, 0.5) is 0 Å². The van der Waals surface area contributed by atoms with Crippen molar-refractivity contribution in [2.24, 2.45) is 5.73 Å². The maximum atomic E-state index is 7.57. The minimum Gasteiger partial charge on any atom is -0.496 e. The summed E-state index contributed by atoms with van der Waals surface area (Å²) in [4.78, 5) is 3.59. The molecule has 0 aliphatic carbocycles. The topological polar surface area (TPSA) is 62.3 Å². The van der Waals surface area contributed by atoms with Gasteiger partial charge in [0.25, 0.3) is 0 Å². The predicted octanol–water partition coefficient (Wildman–Crippen LogP) is 3.23.